The van der Waals surface area contributed by atoms with Crippen molar-refractivity contribution in [1.29, 1.82) is 0 Å². The van der Waals surface area contributed by atoms with E-state index in [1.54, 1.807) is 0 Å². The van der Waals surface area contributed by atoms with E-state index in [0.29, 0.717) is 5.75 Å². The molecule has 0 heterocycles. The van der Waals surface area contributed by atoms with E-state index in [-0.39, 0.29) is 10.7 Å². The zero-order chi connectivity index (χ0) is 15.0. The van der Waals surface area contributed by atoms with E-state index in [9.17, 15) is 9.59 Å². The Morgan fingerprint density at radius 1 is 0.950 bits per heavy atom. The van der Waals surface area contributed by atoms with Crippen molar-refractivity contribution >= 4 is 23.7 Å². The first-order valence-corrected chi connectivity index (χ1v) is 6.74. The molecule has 1 rings (SSSR count). The number of rotatable bonds is 6. The number of esters is 2. The van der Waals surface area contributed by atoms with Gasteiger partial charge in [-0.3, -0.25) is 0 Å². The zero-order valence-corrected chi connectivity index (χ0v) is 12.4. The van der Waals surface area contributed by atoms with Crippen molar-refractivity contribution < 1.29 is 23.8 Å². The summed E-state index contributed by atoms with van der Waals surface area (Å²) in [6, 6.07) is 9.61. The molecule has 20 heavy (non-hydrogen) atoms. The van der Waals surface area contributed by atoms with Gasteiger partial charge in [0, 0.05) is 5.75 Å². The fraction of sp³-hybridized carbons (Fsp3) is 0.286. The number of carbonyl (C=O) groups is 2. The molecule has 1 aromatic carbocycles. The van der Waals surface area contributed by atoms with Gasteiger partial charge in [-0.15, -0.1) is 0 Å². The molecular weight excluding hydrogens is 280 g/mol. The SMILES string of the molecule is COC(=O)C(C(=O)OC)=C(OC)SCc1ccccc1. The third kappa shape index (κ3) is 4.31. The van der Waals surface area contributed by atoms with Gasteiger partial charge in [0.1, 0.15) is 0 Å². The van der Waals surface area contributed by atoms with Crippen LogP contribution in [-0.4, -0.2) is 33.3 Å². The molecule has 0 N–H and O–H groups in total. The molecule has 6 heteroatoms. The van der Waals surface area contributed by atoms with E-state index in [0.717, 1.165) is 5.56 Å². The van der Waals surface area contributed by atoms with E-state index in [1.165, 1.54) is 33.1 Å². The first kappa shape index (κ1) is 16.1. The topological polar surface area (TPSA) is 61.8 Å². The van der Waals surface area contributed by atoms with Gasteiger partial charge in [0.05, 0.1) is 21.3 Å². The average Bonchev–Trinajstić information content (AvgIpc) is 2.51. The Bertz CT molecular complexity index is 478. The number of hydrogen-bond acceptors (Lipinski definition) is 6. The Labute approximate surface area is 121 Å². The van der Waals surface area contributed by atoms with Gasteiger partial charge in [0.25, 0.3) is 0 Å². The molecule has 0 saturated carbocycles. The van der Waals surface area contributed by atoms with Crippen LogP contribution in [0.5, 0.6) is 0 Å². The maximum atomic E-state index is 11.6. The summed E-state index contributed by atoms with van der Waals surface area (Å²) in [5.41, 5.74) is 0.805. The molecule has 0 aliphatic heterocycles. The van der Waals surface area contributed by atoms with Crippen molar-refractivity contribution in [2.45, 2.75) is 5.75 Å². The second kappa shape index (κ2) is 8.27. The monoisotopic (exact) mass is 296 g/mol. The number of methoxy groups -OCH3 is 3. The molecule has 0 saturated heterocycles. The third-order valence-corrected chi connectivity index (χ3v) is 3.49. The third-order valence-electron chi connectivity index (χ3n) is 2.38. The summed E-state index contributed by atoms with van der Waals surface area (Å²) < 4.78 is 14.3. The quantitative estimate of drug-likeness (QED) is 0.263. The summed E-state index contributed by atoms with van der Waals surface area (Å²) >= 11 is 1.23. The molecule has 0 amide bonds. The highest BCUT2D eigenvalue weighted by molar-refractivity contribution is 8.02. The second-order valence-corrected chi connectivity index (χ2v) is 4.57. The highest BCUT2D eigenvalue weighted by Crippen LogP contribution is 2.26. The van der Waals surface area contributed by atoms with Gasteiger partial charge in [-0.2, -0.15) is 0 Å². The minimum absolute atomic E-state index is 0.174. The van der Waals surface area contributed by atoms with Crippen LogP contribution < -0.4 is 0 Å². The van der Waals surface area contributed by atoms with Crippen molar-refractivity contribution in [3.05, 3.63) is 46.6 Å². The van der Waals surface area contributed by atoms with Crippen LogP contribution in [0.3, 0.4) is 0 Å². The Morgan fingerprint density at radius 2 is 1.50 bits per heavy atom. The summed E-state index contributed by atoms with van der Waals surface area (Å²) in [7, 11) is 3.78. The molecule has 0 spiro atoms. The Balaban J connectivity index is 2.95. The molecule has 0 radical (unpaired) electrons. The van der Waals surface area contributed by atoms with Gasteiger partial charge in [-0.05, 0) is 5.56 Å². The average molecular weight is 296 g/mol. The van der Waals surface area contributed by atoms with Gasteiger partial charge in [0.2, 0.25) is 0 Å². The minimum atomic E-state index is -0.783. The van der Waals surface area contributed by atoms with E-state index in [1.807, 2.05) is 30.3 Å². The smallest absolute Gasteiger partial charge is 0.349 e. The van der Waals surface area contributed by atoms with Crippen molar-refractivity contribution in [2.75, 3.05) is 21.3 Å². The Kier molecular flexibility index (Phi) is 6.66. The fourth-order valence-corrected chi connectivity index (χ4v) is 2.33. The van der Waals surface area contributed by atoms with E-state index < -0.39 is 11.9 Å². The van der Waals surface area contributed by atoms with Crippen molar-refractivity contribution in [3.63, 3.8) is 0 Å². The highest BCUT2D eigenvalue weighted by Gasteiger charge is 2.26. The lowest BCUT2D eigenvalue weighted by atomic mass is 10.2. The normalized spacial score (nSPS) is 9.55. The Hall–Kier alpha value is -1.95. The van der Waals surface area contributed by atoms with Crippen LogP contribution in [0, 0.1) is 0 Å². The molecule has 0 aliphatic carbocycles. The van der Waals surface area contributed by atoms with E-state index in [2.05, 4.69) is 9.47 Å². The van der Waals surface area contributed by atoms with E-state index in [4.69, 9.17) is 4.74 Å². The van der Waals surface area contributed by atoms with Gasteiger partial charge in [-0.25, -0.2) is 9.59 Å². The lowest BCUT2D eigenvalue weighted by Gasteiger charge is -2.10. The van der Waals surface area contributed by atoms with Crippen LogP contribution in [0.25, 0.3) is 0 Å². The maximum absolute atomic E-state index is 11.6. The highest BCUT2D eigenvalue weighted by atomic mass is 32.2. The van der Waals surface area contributed by atoms with Gasteiger partial charge in [0.15, 0.2) is 10.7 Å². The van der Waals surface area contributed by atoms with Crippen LogP contribution in [-0.2, 0) is 29.6 Å². The Morgan fingerprint density at radius 3 is 1.95 bits per heavy atom. The molecular formula is C14H16O5S. The minimum Gasteiger partial charge on any atom is -0.489 e. The van der Waals surface area contributed by atoms with Crippen LogP contribution in [0.4, 0.5) is 0 Å². The largest absolute Gasteiger partial charge is 0.489 e. The lowest BCUT2D eigenvalue weighted by molar-refractivity contribution is -0.144. The first-order valence-electron chi connectivity index (χ1n) is 5.75. The zero-order valence-electron chi connectivity index (χ0n) is 11.5. The van der Waals surface area contributed by atoms with E-state index >= 15 is 0 Å². The molecule has 0 atom stereocenters. The molecule has 0 unspecified atom stereocenters. The standard InChI is InChI=1S/C14H16O5S/c1-17-12(15)11(13(16)18-2)14(19-3)20-9-10-7-5-4-6-8-10/h4-8H,9H2,1-3H3. The number of ether oxygens (including phenoxy) is 3. The predicted molar refractivity (Wildman–Crippen MR) is 75.8 cm³/mol. The molecule has 0 fully saturated rings. The van der Waals surface area contributed by atoms with Crippen molar-refractivity contribution in [3.8, 4) is 0 Å². The lowest BCUT2D eigenvalue weighted by Crippen LogP contribution is -2.18. The van der Waals surface area contributed by atoms with Crippen LogP contribution in [0.15, 0.2) is 41.0 Å². The van der Waals surface area contributed by atoms with Crippen molar-refractivity contribution in [2.24, 2.45) is 0 Å². The van der Waals surface area contributed by atoms with Crippen LogP contribution in [0.2, 0.25) is 0 Å². The van der Waals surface area contributed by atoms with Gasteiger partial charge < -0.3 is 14.2 Å². The van der Waals surface area contributed by atoms with Crippen molar-refractivity contribution in [1.82, 2.24) is 0 Å². The predicted octanol–water partition coefficient (Wildman–Crippen LogP) is 2.12. The summed E-state index contributed by atoms with van der Waals surface area (Å²) in [5, 5.41) is 0.174. The summed E-state index contributed by atoms with van der Waals surface area (Å²) in [6.07, 6.45) is 0. The number of benzene rings is 1. The summed E-state index contributed by atoms with van der Waals surface area (Å²) in [5.74, 6) is -1.01. The van der Waals surface area contributed by atoms with Gasteiger partial charge in [-0.1, -0.05) is 42.1 Å². The second-order valence-electron chi connectivity index (χ2n) is 3.62. The molecule has 0 aliphatic rings. The number of carbonyl (C=O) groups excluding carboxylic acids is 2. The summed E-state index contributed by atoms with van der Waals surface area (Å²) in [6.45, 7) is 0. The van der Waals surface area contributed by atoms with Crippen LogP contribution >= 0.6 is 11.8 Å². The van der Waals surface area contributed by atoms with Gasteiger partial charge >= 0.3 is 11.9 Å². The first-order chi connectivity index (χ1) is 9.63. The van der Waals surface area contributed by atoms with Crippen LogP contribution in [0.1, 0.15) is 5.56 Å². The number of thioether (sulfide) groups is 1. The molecule has 0 aromatic heterocycles. The fourth-order valence-electron chi connectivity index (χ4n) is 1.41. The number of hydrogen-bond donors (Lipinski definition) is 0. The molecule has 0 bridgehead atoms. The summed E-state index contributed by atoms with van der Waals surface area (Å²) in [4.78, 5) is 23.3. The molecule has 1 aromatic rings. The molecule has 108 valence electrons. The maximum Gasteiger partial charge on any atom is 0.349 e. The molecule has 5 nitrogen and oxygen atoms in total.